The number of hydrogen-bond acceptors (Lipinski definition) is 7. The Morgan fingerprint density at radius 3 is 2.07 bits per heavy atom. The van der Waals surface area contributed by atoms with Crippen molar-refractivity contribution in [2.75, 3.05) is 31.1 Å². The normalized spacial score (nSPS) is 48.8. The van der Waals surface area contributed by atoms with Gasteiger partial charge in [-0.1, -0.05) is 55.4 Å². The highest BCUT2D eigenvalue weighted by atomic mass is 32.2. The van der Waals surface area contributed by atoms with Crippen molar-refractivity contribution in [3.8, 4) is 0 Å². The Morgan fingerprint density at radius 2 is 1.44 bits per heavy atom. The van der Waals surface area contributed by atoms with Crippen molar-refractivity contribution in [1.82, 2.24) is 10.2 Å². The van der Waals surface area contributed by atoms with E-state index in [1.165, 1.54) is 64.2 Å². The Labute approximate surface area is 327 Å². The average molecular weight is 771 g/mol. The molecule has 8 aliphatic rings. The highest BCUT2D eigenvalue weighted by Crippen LogP contribution is 2.78. The summed E-state index contributed by atoms with van der Waals surface area (Å²) in [5.41, 5.74) is 0.701. The van der Waals surface area contributed by atoms with Gasteiger partial charge in [0.15, 0.2) is 9.84 Å². The number of nitrogens with zero attached hydrogens (tertiary/aromatic N) is 1. The Kier molecular flexibility index (Phi) is 9.29. The minimum atomic E-state index is -2.89. The number of carboxylic acid groups (broad SMARTS) is 1. The maximum absolute atomic E-state index is 13.6. The molecule has 0 radical (unpaired) electrons. The molecule has 8 fully saturated rings. The Balaban J connectivity index is 1.01. The van der Waals surface area contributed by atoms with Gasteiger partial charge in [-0.25, -0.2) is 8.42 Å². The Hall–Kier alpha value is -1.19. The van der Waals surface area contributed by atoms with E-state index >= 15 is 0 Å². The van der Waals surface area contributed by atoms with Crippen molar-refractivity contribution in [1.29, 1.82) is 0 Å². The Bertz CT molecular complexity index is 1630. The molecule has 0 aromatic carbocycles. The third-order valence-corrected chi connectivity index (χ3v) is 21.8. The van der Waals surface area contributed by atoms with Crippen LogP contribution in [0.3, 0.4) is 0 Å². The molecule has 1 unspecified atom stereocenters. The van der Waals surface area contributed by atoms with Crippen molar-refractivity contribution in [2.24, 2.45) is 73.9 Å². The minimum absolute atomic E-state index is 0.129. The molecule has 0 bridgehead atoms. The maximum Gasteiger partial charge on any atom is 0.309 e. The molecule has 7 aliphatic carbocycles. The first-order valence-electron chi connectivity index (χ1n) is 22.2. The zero-order chi connectivity index (χ0) is 39.1. The second-order valence-corrected chi connectivity index (χ2v) is 25.2. The van der Waals surface area contributed by atoms with Crippen LogP contribution in [0.2, 0.25) is 0 Å². The van der Waals surface area contributed by atoms with E-state index in [0.29, 0.717) is 66.1 Å². The second kappa shape index (κ2) is 12.7. The Morgan fingerprint density at radius 1 is 0.759 bits per heavy atom. The van der Waals surface area contributed by atoms with Gasteiger partial charge in [-0.15, -0.1) is 0 Å². The predicted molar refractivity (Wildman–Crippen MR) is 212 cm³/mol. The summed E-state index contributed by atoms with van der Waals surface area (Å²) in [6, 6.07) is 0.336. The number of esters is 1. The van der Waals surface area contributed by atoms with Gasteiger partial charge in [0.25, 0.3) is 0 Å². The molecule has 1 saturated heterocycles. The predicted octanol–water partition coefficient (Wildman–Crippen LogP) is 7.99. The van der Waals surface area contributed by atoms with Crippen LogP contribution >= 0.6 is 0 Å². The van der Waals surface area contributed by atoms with Crippen LogP contribution < -0.4 is 5.32 Å². The summed E-state index contributed by atoms with van der Waals surface area (Å²) in [6.45, 7) is 23.8. The molecule has 0 aromatic heterocycles. The van der Waals surface area contributed by atoms with Crippen molar-refractivity contribution >= 4 is 21.8 Å². The zero-order valence-electron chi connectivity index (χ0n) is 35.3. The van der Waals surface area contributed by atoms with Crippen LogP contribution in [0.15, 0.2) is 0 Å². The molecule has 2 N–H and O–H groups in total. The van der Waals surface area contributed by atoms with E-state index in [4.69, 9.17) is 4.74 Å². The van der Waals surface area contributed by atoms with Crippen molar-refractivity contribution in [3.63, 3.8) is 0 Å². The minimum Gasteiger partial charge on any atom is -0.481 e. The van der Waals surface area contributed by atoms with Crippen LogP contribution in [0.5, 0.6) is 0 Å². The van der Waals surface area contributed by atoms with Gasteiger partial charge in [-0.05, 0) is 147 Å². The molecule has 7 saturated carbocycles. The van der Waals surface area contributed by atoms with E-state index in [1.54, 1.807) is 0 Å². The number of carbonyl (C=O) groups excluding carboxylic acids is 1. The van der Waals surface area contributed by atoms with Crippen LogP contribution in [0, 0.1) is 73.9 Å². The third-order valence-electron chi connectivity index (χ3n) is 20.2. The van der Waals surface area contributed by atoms with Crippen LogP contribution in [0.25, 0.3) is 0 Å². The first kappa shape index (κ1) is 39.6. The van der Waals surface area contributed by atoms with Gasteiger partial charge < -0.3 is 15.2 Å². The summed E-state index contributed by atoms with van der Waals surface area (Å²) < 4.78 is 30.8. The van der Waals surface area contributed by atoms with E-state index in [2.05, 4.69) is 58.7 Å². The van der Waals surface area contributed by atoms with Gasteiger partial charge in [0, 0.05) is 36.6 Å². The molecule has 1 heterocycles. The fourth-order valence-corrected chi connectivity index (χ4v) is 17.3. The van der Waals surface area contributed by atoms with Crippen LogP contribution in [0.1, 0.15) is 146 Å². The molecule has 0 aromatic rings. The van der Waals surface area contributed by atoms with Crippen LogP contribution in [-0.2, 0) is 24.2 Å². The van der Waals surface area contributed by atoms with Gasteiger partial charge in [0.1, 0.15) is 6.10 Å². The largest absolute Gasteiger partial charge is 0.481 e. The number of nitrogens with one attached hydrogen (secondary N) is 1. The molecule has 13 atom stereocenters. The zero-order valence-corrected chi connectivity index (χ0v) is 36.1. The van der Waals surface area contributed by atoms with E-state index in [0.717, 1.165) is 25.3 Å². The average Bonchev–Trinajstić information content (AvgIpc) is 3.70. The molecule has 0 spiro atoms. The lowest BCUT2D eigenvalue weighted by Gasteiger charge is -2.73. The summed E-state index contributed by atoms with van der Waals surface area (Å²) in [5, 5.41) is 14.0. The first-order valence-corrected chi connectivity index (χ1v) is 24.0. The highest BCUT2D eigenvalue weighted by molar-refractivity contribution is 7.91. The fourth-order valence-electron chi connectivity index (χ4n) is 16.0. The lowest BCUT2D eigenvalue weighted by Crippen LogP contribution is -2.69. The molecule has 9 heteroatoms. The second-order valence-electron chi connectivity index (χ2n) is 22.9. The van der Waals surface area contributed by atoms with Crippen LogP contribution in [0.4, 0.5) is 0 Å². The van der Waals surface area contributed by atoms with E-state index < -0.39 is 27.1 Å². The van der Waals surface area contributed by atoms with Gasteiger partial charge >= 0.3 is 11.9 Å². The van der Waals surface area contributed by atoms with Gasteiger partial charge in [0.05, 0.1) is 23.3 Å². The topological polar surface area (TPSA) is 113 Å². The smallest absolute Gasteiger partial charge is 0.309 e. The number of fused-ring (bicyclic) bond motifs is 7. The van der Waals surface area contributed by atoms with Crippen molar-refractivity contribution in [3.05, 3.63) is 0 Å². The fraction of sp³-hybridized carbons (Fsp3) is 0.956. The lowest BCUT2D eigenvalue weighted by molar-refractivity contribution is -0.249. The number of aliphatic carboxylic acids is 1. The first-order chi connectivity index (χ1) is 25.0. The van der Waals surface area contributed by atoms with E-state index in [1.807, 2.05) is 13.8 Å². The van der Waals surface area contributed by atoms with Gasteiger partial charge in [0.2, 0.25) is 0 Å². The summed E-state index contributed by atoms with van der Waals surface area (Å²) in [7, 11) is -2.89. The molecule has 1 aliphatic heterocycles. The summed E-state index contributed by atoms with van der Waals surface area (Å²) >= 11 is 0. The maximum atomic E-state index is 13.6. The molecule has 0 amide bonds. The highest BCUT2D eigenvalue weighted by Gasteiger charge is 2.72. The number of carboxylic acids is 1. The summed E-state index contributed by atoms with van der Waals surface area (Å²) in [6.07, 6.45) is 15.2. The molecule has 8 nitrogen and oxygen atoms in total. The molecule has 306 valence electrons. The quantitative estimate of drug-likeness (QED) is 0.239. The van der Waals surface area contributed by atoms with E-state index in [9.17, 15) is 23.1 Å². The number of carbonyl (C=O) groups is 2. The standard InChI is InChI=1S/C45H74N2O6S/c1-28(47-22-24-54(51,52)25-23-47)27-46-45-17-12-29(41(6)18-19-41)36(45)30-10-11-34-42(7)15-14-35(53-38(50)32-26-31(37(48)49)39(32,2)3)40(4,5)33(42)13-16-44(34,9)43(30,8)20-21-45/h28-36,46H,10-27H2,1-9H3,(H,48,49)/t28?,29-,30-,31+,32-,33+,34-,35+,36-,42+,43-,44-,45+/m1/s1. The van der Waals surface area contributed by atoms with E-state index in [-0.39, 0.29) is 45.2 Å². The SMILES string of the molecule is CC(CN[C@]12CC[C@@H](C3(C)CC3)[C@@H]1[C@H]1CC[C@@H]3[C@@]4(C)CC[C@H](OC(=O)[C@H]5C[C@@H](C(=O)O)C5(C)C)C(C)(C)[C@@H]4CC[C@@]3(C)[C@]1(C)CC2)N1CCS(=O)(=O)CC1. The van der Waals surface area contributed by atoms with Crippen molar-refractivity contribution < 1.29 is 27.9 Å². The third kappa shape index (κ3) is 5.69. The van der Waals surface area contributed by atoms with Crippen LogP contribution in [-0.4, -0.2) is 79.2 Å². The summed E-state index contributed by atoms with van der Waals surface area (Å²) in [4.78, 5) is 27.8. The van der Waals surface area contributed by atoms with Gasteiger partial charge in [-0.2, -0.15) is 0 Å². The number of hydrogen-bond donors (Lipinski definition) is 2. The molecule has 8 rings (SSSR count). The number of rotatable bonds is 8. The molecular weight excluding hydrogens is 697 g/mol. The molecular formula is C45H74N2O6S. The lowest BCUT2D eigenvalue weighted by atomic mass is 9.32. The summed E-state index contributed by atoms with van der Waals surface area (Å²) in [5.74, 6) is 2.11. The number of sulfone groups is 1. The molecule has 54 heavy (non-hydrogen) atoms. The number of ether oxygens (including phenoxy) is 1. The van der Waals surface area contributed by atoms with Gasteiger partial charge in [-0.3, -0.25) is 14.5 Å². The van der Waals surface area contributed by atoms with Crippen molar-refractivity contribution in [2.45, 2.75) is 163 Å². The monoisotopic (exact) mass is 771 g/mol.